The predicted octanol–water partition coefficient (Wildman–Crippen LogP) is 3.54. The van der Waals surface area contributed by atoms with E-state index in [-0.39, 0.29) is 11.4 Å². The zero-order chi connectivity index (χ0) is 26.8. The quantitative estimate of drug-likeness (QED) is 0.186. The molecule has 11 heteroatoms. The number of nitrogens with zero attached hydrogens (tertiary/aromatic N) is 2. The number of hydrazone groups is 1. The van der Waals surface area contributed by atoms with E-state index in [9.17, 15) is 19.7 Å². The molecule has 190 valence electrons. The number of carbonyl (C=O) groups is 2. The van der Waals surface area contributed by atoms with Gasteiger partial charge in [0, 0.05) is 23.3 Å². The highest BCUT2D eigenvalue weighted by atomic mass is 16.6. The molecule has 3 aromatic rings. The lowest BCUT2D eigenvalue weighted by Gasteiger charge is -2.12. The van der Waals surface area contributed by atoms with Crippen molar-refractivity contribution < 1.29 is 28.7 Å². The van der Waals surface area contributed by atoms with Gasteiger partial charge in [-0.15, -0.1) is 0 Å². The Labute approximate surface area is 212 Å². The van der Waals surface area contributed by atoms with Crippen molar-refractivity contribution in [1.29, 1.82) is 0 Å². The summed E-state index contributed by atoms with van der Waals surface area (Å²) in [6, 6.07) is 17.1. The van der Waals surface area contributed by atoms with Gasteiger partial charge in [0.05, 0.1) is 32.5 Å². The molecular formula is C26H24N4O7. The van der Waals surface area contributed by atoms with Crippen LogP contribution in [0, 0.1) is 10.1 Å². The number of rotatable bonds is 10. The Kier molecular flexibility index (Phi) is 8.92. The maximum Gasteiger partial charge on any atom is 0.287 e. The van der Waals surface area contributed by atoms with Crippen molar-refractivity contribution in [2.24, 2.45) is 5.10 Å². The molecule has 0 atom stereocenters. The third kappa shape index (κ3) is 6.92. The first-order valence-electron chi connectivity index (χ1n) is 10.8. The number of non-ortho nitro benzene ring substituents is 1. The van der Waals surface area contributed by atoms with Crippen LogP contribution in [0.15, 0.2) is 77.5 Å². The molecule has 2 amide bonds. The Morgan fingerprint density at radius 3 is 2.05 bits per heavy atom. The van der Waals surface area contributed by atoms with E-state index in [0.717, 1.165) is 0 Å². The number of amides is 2. The van der Waals surface area contributed by atoms with Crippen LogP contribution in [-0.4, -0.2) is 44.3 Å². The van der Waals surface area contributed by atoms with Crippen LogP contribution < -0.4 is 25.0 Å². The summed E-state index contributed by atoms with van der Waals surface area (Å²) in [4.78, 5) is 36.0. The standard InChI is InChI=1S/C26H24N4O7/c1-35-22-14-18(15-23(36-2)24(22)37-3)16-27-29-26(32)21(28-25(31)19-7-5-4-6-8-19)13-17-9-11-20(12-10-17)30(33)34/h4-16H,1-3H3,(H,28,31)(H,29,32)/b21-13-,27-16-. The highest BCUT2D eigenvalue weighted by molar-refractivity contribution is 6.05. The van der Waals surface area contributed by atoms with E-state index in [1.54, 1.807) is 42.5 Å². The fraction of sp³-hybridized carbons (Fsp3) is 0.115. The number of nitro benzene ring substituents is 1. The first-order valence-corrected chi connectivity index (χ1v) is 10.8. The van der Waals surface area contributed by atoms with Crippen molar-refractivity contribution in [3.05, 3.63) is 99.2 Å². The topological polar surface area (TPSA) is 141 Å². The highest BCUT2D eigenvalue weighted by Crippen LogP contribution is 2.37. The molecule has 2 N–H and O–H groups in total. The Hall–Kier alpha value is -5.19. The Bertz CT molecular complexity index is 1310. The number of methoxy groups -OCH3 is 3. The molecule has 0 bridgehead atoms. The highest BCUT2D eigenvalue weighted by Gasteiger charge is 2.16. The molecule has 0 heterocycles. The number of nitro groups is 1. The van der Waals surface area contributed by atoms with E-state index in [1.807, 2.05) is 0 Å². The molecular weight excluding hydrogens is 480 g/mol. The van der Waals surface area contributed by atoms with Crippen molar-refractivity contribution in [1.82, 2.24) is 10.7 Å². The van der Waals surface area contributed by atoms with Gasteiger partial charge in [0.1, 0.15) is 5.70 Å². The molecule has 0 aliphatic heterocycles. The lowest BCUT2D eigenvalue weighted by Crippen LogP contribution is -2.32. The molecule has 0 aliphatic rings. The van der Waals surface area contributed by atoms with Gasteiger partial charge in [-0.25, -0.2) is 5.43 Å². The largest absolute Gasteiger partial charge is 0.493 e. The summed E-state index contributed by atoms with van der Waals surface area (Å²) < 4.78 is 15.9. The van der Waals surface area contributed by atoms with E-state index in [4.69, 9.17) is 14.2 Å². The Balaban J connectivity index is 1.85. The zero-order valence-corrected chi connectivity index (χ0v) is 20.3. The lowest BCUT2D eigenvalue weighted by atomic mass is 10.1. The summed E-state index contributed by atoms with van der Waals surface area (Å²) in [5.41, 5.74) is 3.48. The van der Waals surface area contributed by atoms with Gasteiger partial charge in [0.25, 0.3) is 17.5 Å². The summed E-state index contributed by atoms with van der Waals surface area (Å²) in [6.07, 6.45) is 2.75. The molecule has 11 nitrogen and oxygen atoms in total. The average molecular weight is 504 g/mol. The molecule has 37 heavy (non-hydrogen) atoms. The maximum absolute atomic E-state index is 12.9. The normalized spacial score (nSPS) is 11.1. The molecule has 3 rings (SSSR count). The Morgan fingerprint density at radius 2 is 1.51 bits per heavy atom. The SMILES string of the molecule is COc1cc(/C=N\NC(=O)/C(=C/c2ccc([N+](=O)[O-])cc2)NC(=O)c2ccccc2)cc(OC)c1OC. The van der Waals surface area contributed by atoms with Gasteiger partial charge in [-0.3, -0.25) is 19.7 Å². The maximum atomic E-state index is 12.9. The molecule has 3 aromatic carbocycles. The first kappa shape index (κ1) is 26.4. The first-order chi connectivity index (χ1) is 17.9. The summed E-state index contributed by atoms with van der Waals surface area (Å²) in [7, 11) is 4.44. The number of benzene rings is 3. The third-order valence-corrected chi connectivity index (χ3v) is 5.01. The lowest BCUT2D eigenvalue weighted by molar-refractivity contribution is -0.384. The fourth-order valence-corrected chi connectivity index (χ4v) is 3.20. The third-order valence-electron chi connectivity index (χ3n) is 5.01. The van der Waals surface area contributed by atoms with E-state index in [0.29, 0.717) is 33.9 Å². The minimum Gasteiger partial charge on any atom is -0.493 e. The van der Waals surface area contributed by atoms with Crippen LogP contribution in [0.3, 0.4) is 0 Å². The summed E-state index contributed by atoms with van der Waals surface area (Å²) >= 11 is 0. The van der Waals surface area contributed by atoms with Gasteiger partial charge in [-0.1, -0.05) is 18.2 Å². The monoisotopic (exact) mass is 504 g/mol. The molecule has 0 saturated heterocycles. The van der Waals surface area contributed by atoms with Crippen LogP contribution in [0.1, 0.15) is 21.5 Å². The average Bonchev–Trinajstić information content (AvgIpc) is 2.92. The molecule has 0 fully saturated rings. The molecule has 0 spiro atoms. The number of nitrogens with one attached hydrogen (secondary N) is 2. The number of hydrogen-bond donors (Lipinski definition) is 2. The molecule has 0 aromatic heterocycles. The van der Waals surface area contributed by atoms with Crippen LogP contribution in [-0.2, 0) is 4.79 Å². The van der Waals surface area contributed by atoms with Crippen molar-refractivity contribution in [2.45, 2.75) is 0 Å². The summed E-state index contributed by atoms with van der Waals surface area (Å²) in [5.74, 6) is -0.0148. The van der Waals surface area contributed by atoms with Gasteiger partial charge >= 0.3 is 0 Å². The van der Waals surface area contributed by atoms with Crippen molar-refractivity contribution in [2.75, 3.05) is 21.3 Å². The zero-order valence-electron chi connectivity index (χ0n) is 20.3. The van der Waals surface area contributed by atoms with Gasteiger partial charge in [-0.05, 0) is 48.0 Å². The van der Waals surface area contributed by atoms with Gasteiger partial charge in [-0.2, -0.15) is 5.10 Å². The Morgan fingerprint density at radius 1 is 0.892 bits per heavy atom. The second-order valence-electron chi connectivity index (χ2n) is 7.38. The molecule has 0 unspecified atom stereocenters. The van der Waals surface area contributed by atoms with E-state index >= 15 is 0 Å². The van der Waals surface area contributed by atoms with Crippen molar-refractivity contribution >= 4 is 29.8 Å². The smallest absolute Gasteiger partial charge is 0.287 e. The predicted molar refractivity (Wildman–Crippen MR) is 137 cm³/mol. The minimum atomic E-state index is -0.716. The summed E-state index contributed by atoms with van der Waals surface area (Å²) in [5, 5.41) is 17.5. The van der Waals surface area contributed by atoms with E-state index in [2.05, 4.69) is 15.8 Å². The minimum absolute atomic E-state index is 0.105. The second kappa shape index (κ2) is 12.5. The van der Waals surface area contributed by atoms with Crippen LogP contribution in [0.5, 0.6) is 17.2 Å². The number of carbonyl (C=O) groups excluding carboxylic acids is 2. The van der Waals surface area contributed by atoms with Gasteiger partial charge < -0.3 is 19.5 Å². The number of hydrogen-bond acceptors (Lipinski definition) is 8. The van der Waals surface area contributed by atoms with Crippen molar-refractivity contribution in [3.8, 4) is 17.2 Å². The van der Waals surface area contributed by atoms with Crippen molar-refractivity contribution in [3.63, 3.8) is 0 Å². The fourth-order valence-electron chi connectivity index (χ4n) is 3.20. The second-order valence-corrected chi connectivity index (χ2v) is 7.38. The van der Waals surface area contributed by atoms with Crippen LogP contribution in [0.25, 0.3) is 6.08 Å². The van der Waals surface area contributed by atoms with Gasteiger partial charge in [0.2, 0.25) is 5.75 Å². The van der Waals surface area contributed by atoms with E-state index in [1.165, 1.54) is 57.9 Å². The number of ether oxygens (including phenoxy) is 3. The molecule has 0 aliphatic carbocycles. The van der Waals surface area contributed by atoms with Gasteiger partial charge in [0.15, 0.2) is 11.5 Å². The van der Waals surface area contributed by atoms with Crippen LogP contribution in [0.2, 0.25) is 0 Å². The van der Waals surface area contributed by atoms with Crippen LogP contribution >= 0.6 is 0 Å². The molecule has 0 saturated carbocycles. The summed E-state index contributed by atoms with van der Waals surface area (Å²) in [6.45, 7) is 0. The van der Waals surface area contributed by atoms with Crippen LogP contribution in [0.4, 0.5) is 5.69 Å². The molecule has 0 radical (unpaired) electrons. The van der Waals surface area contributed by atoms with E-state index < -0.39 is 16.7 Å².